The Morgan fingerprint density at radius 3 is 1.14 bits per heavy atom. The van der Waals surface area contributed by atoms with E-state index in [1.165, 1.54) is 0 Å². The second-order valence-electron chi connectivity index (χ2n) is 1.36. The summed E-state index contributed by atoms with van der Waals surface area (Å²) in [5.74, 6) is 0. The number of carbonyl (C=O) groups excluding carboxylic acids is 4. The first-order valence-electron chi connectivity index (χ1n) is 2.72. The van der Waals surface area contributed by atoms with Gasteiger partial charge in [0, 0.05) is 0 Å². The molecule has 14 heavy (non-hydrogen) atoms. The molecule has 6 amide bonds. The quantitative estimate of drug-likeness (QED) is 0.190. The lowest BCUT2D eigenvalue weighted by molar-refractivity contribution is 0.236. The number of isocyanates is 1. The van der Waals surface area contributed by atoms with Crippen LogP contribution >= 0.6 is 0 Å². The minimum atomic E-state index is -0.938. The number of urea groups is 3. The molecule has 10 heteroatoms. The molecule has 0 aromatic heterocycles. The molecule has 0 aromatic carbocycles. The Kier molecular flexibility index (Phi) is 16.2. The maximum atomic E-state index is 9.62. The molecule has 0 saturated heterocycles. The molecule has 0 unspecified atom stereocenters. The van der Waals surface area contributed by atoms with Gasteiger partial charge in [0.05, 0.1) is 0 Å². The lowest BCUT2D eigenvalue weighted by atomic mass is 10.9. The molecule has 0 spiro atoms. The van der Waals surface area contributed by atoms with Gasteiger partial charge in [-0.05, 0) is 0 Å². The van der Waals surface area contributed by atoms with Gasteiger partial charge in [0.1, 0.15) is 0 Å². The third-order valence-corrected chi connectivity index (χ3v) is 0.246. The summed E-state index contributed by atoms with van der Waals surface area (Å²) in [6, 6.07) is -2.71. The van der Waals surface area contributed by atoms with Crippen LogP contribution in [0.25, 0.3) is 0 Å². The van der Waals surface area contributed by atoms with Gasteiger partial charge in [0.15, 0.2) is 0 Å². The average molecular weight is 206 g/mol. The number of imide groups is 1. The van der Waals surface area contributed by atoms with Crippen LogP contribution in [0.2, 0.25) is 0 Å². The van der Waals surface area contributed by atoms with E-state index in [1.54, 1.807) is 5.32 Å². The second kappa shape index (κ2) is 13.0. The molecule has 0 radical (unpaired) electrons. The highest BCUT2D eigenvalue weighted by Gasteiger charge is 1.92. The van der Waals surface area contributed by atoms with E-state index in [-0.39, 0.29) is 0 Å². The molecule has 0 saturated carbocycles. The molecular weight excluding hydrogens is 196 g/mol. The Morgan fingerprint density at radius 2 is 1.14 bits per heavy atom. The van der Waals surface area contributed by atoms with E-state index in [2.05, 4.69) is 22.9 Å². The minimum Gasteiger partial charge on any atom is -0.352 e. The molecule has 0 rings (SSSR count). The first-order valence-corrected chi connectivity index (χ1v) is 2.72. The number of amides is 6. The SMILES string of the molecule is N=C=O.NC(=O)NC(N)=O.NC(N)=O. The van der Waals surface area contributed by atoms with E-state index in [9.17, 15) is 9.59 Å². The maximum absolute atomic E-state index is 9.62. The highest BCUT2D eigenvalue weighted by atomic mass is 16.2. The molecule has 0 aromatic rings. The highest BCUT2D eigenvalue weighted by molar-refractivity contribution is 5.91. The zero-order chi connectivity index (χ0) is 12.1. The molecule has 0 atom stereocenters. The molecule has 0 fully saturated rings. The van der Waals surface area contributed by atoms with Crippen molar-refractivity contribution in [1.82, 2.24) is 5.32 Å². The monoisotopic (exact) mass is 206 g/mol. The number of primary amides is 4. The van der Waals surface area contributed by atoms with Crippen LogP contribution in [0.5, 0.6) is 0 Å². The average Bonchev–Trinajstić information content (AvgIpc) is 1.82. The smallest absolute Gasteiger partial charge is 0.320 e. The molecule has 0 aliphatic carbocycles. The number of carbonyl (C=O) groups is 3. The first kappa shape index (κ1) is 17.5. The van der Waals surface area contributed by atoms with Crippen molar-refractivity contribution in [2.75, 3.05) is 0 Å². The number of rotatable bonds is 0. The van der Waals surface area contributed by atoms with Crippen molar-refractivity contribution in [3.63, 3.8) is 0 Å². The van der Waals surface area contributed by atoms with Gasteiger partial charge in [-0.25, -0.2) is 24.6 Å². The normalized spacial score (nSPS) is 6.00. The lowest BCUT2D eigenvalue weighted by Gasteiger charge is -1.88. The molecule has 0 aliphatic heterocycles. The van der Waals surface area contributed by atoms with Crippen molar-refractivity contribution in [3.8, 4) is 0 Å². The number of hydrogen-bond acceptors (Lipinski definition) is 5. The fourth-order valence-electron chi connectivity index (χ4n) is 0.121. The van der Waals surface area contributed by atoms with Crippen LogP contribution in [0, 0.1) is 5.41 Å². The summed E-state index contributed by atoms with van der Waals surface area (Å²) >= 11 is 0. The standard InChI is InChI=1S/C2H5N3O2.CH4N2O.CHNO/c3-1(6)5-2(4)7;2-1(3)4;2-1-3/h(H5,3,4,5,6,7);(H4,2,3,4);2H. The molecule has 10 N–H and O–H groups in total. The molecule has 0 aliphatic rings. The summed E-state index contributed by atoms with van der Waals surface area (Å²) in [5, 5.41) is 6.99. The van der Waals surface area contributed by atoms with Crippen LogP contribution in [0.1, 0.15) is 0 Å². The van der Waals surface area contributed by atoms with Crippen molar-refractivity contribution < 1.29 is 19.2 Å². The van der Waals surface area contributed by atoms with Gasteiger partial charge in [-0.2, -0.15) is 0 Å². The molecule has 80 valence electrons. The fourth-order valence-corrected chi connectivity index (χ4v) is 0.121. The Balaban J connectivity index is -0.000000147. The van der Waals surface area contributed by atoms with Crippen molar-refractivity contribution in [2.24, 2.45) is 22.9 Å². The van der Waals surface area contributed by atoms with Crippen LogP contribution in [-0.4, -0.2) is 24.2 Å². The predicted octanol–water partition coefficient (Wildman–Crippen LogP) is -2.34. The van der Waals surface area contributed by atoms with Gasteiger partial charge >= 0.3 is 18.1 Å². The number of nitrogens with two attached hydrogens (primary N) is 4. The van der Waals surface area contributed by atoms with Crippen molar-refractivity contribution in [1.29, 1.82) is 5.41 Å². The van der Waals surface area contributed by atoms with Crippen LogP contribution < -0.4 is 28.3 Å². The van der Waals surface area contributed by atoms with E-state index in [0.717, 1.165) is 6.08 Å². The van der Waals surface area contributed by atoms with E-state index in [4.69, 9.17) is 15.0 Å². The Labute approximate surface area is 78.1 Å². The molecule has 0 bridgehead atoms. The maximum Gasteiger partial charge on any atom is 0.320 e. The van der Waals surface area contributed by atoms with Crippen LogP contribution in [0.4, 0.5) is 14.4 Å². The van der Waals surface area contributed by atoms with E-state index >= 15 is 0 Å². The van der Waals surface area contributed by atoms with Crippen molar-refractivity contribution in [3.05, 3.63) is 0 Å². The third kappa shape index (κ3) is 342. The van der Waals surface area contributed by atoms with Gasteiger partial charge in [0.2, 0.25) is 6.08 Å². The third-order valence-electron chi connectivity index (χ3n) is 0.246. The summed E-state index contributed by atoms with van der Waals surface area (Å²) in [6.45, 7) is 0. The van der Waals surface area contributed by atoms with Gasteiger partial charge in [-0.1, -0.05) is 0 Å². The zero-order valence-electron chi connectivity index (χ0n) is 6.94. The number of nitrogens with one attached hydrogen (secondary N) is 2. The van der Waals surface area contributed by atoms with Gasteiger partial charge in [-0.3, -0.25) is 5.32 Å². The molecule has 10 nitrogen and oxygen atoms in total. The number of hydrogen-bond donors (Lipinski definition) is 6. The van der Waals surface area contributed by atoms with Gasteiger partial charge < -0.3 is 22.9 Å². The lowest BCUT2D eigenvalue weighted by Crippen LogP contribution is -2.38. The van der Waals surface area contributed by atoms with Crippen LogP contribution in [0.15, 0.2) is 0 Å². The Morgan fingerprint density at radius 1 is 1.00 bits per heavy atom. The zero-order valence-corrected chi connectivity index (χ0v) is 6.94. The summed E-state index contributed by atoms with van der Waals surface area (Å²) in [6.07, 6.45) is 0.750. The summed E-state index contributed by atoms with van der Waals surface area (Å²) in [4.78, 5) is 36.6. The first-order chi connectivity index (χ1) is 6.27. The summed E-state index contributed by atoms with van der Waals surface area (Å²) in [7, 11) is 0. The predicted molar refractivity (Wildman–Crippen MR) is 44.5 cm³/mol. The topological polar surface area (TPSA) is 208 Å². The fraction of sp³-hybridized carbons (Fsp3) is 0. The summed E-state index contributed by atoms with van der Waals surface area (Å²) < 4.78 is 0. The van der Waals surface area contributed by atoms with Crippen molar-refractivity contribution in [2.45, 2.75) is 0 Å². The molecule has 0 heterocycles. The van der Waals surface area contributed by atoms with Gasteiger partial charge in [0.25, 0.3) is 0 Å². The molecular formula is C4H10N6O4. The van der Waals surface area contributed by atoms with E-state index in [0.29, 0.717) is 0 Å². The van der Waals surface area contributed by atoms with E-state index in [1.807, 2.05) is 0 Å². The highest BCUT2D eigenvalue weighted by Crippen LogP contribution is 1.51. The van der Waals surface area contributed by atoms with E-state index < -0.39 is 18.1 Å². The minimum absolute atomic E-state index is 0.750. The second-order valence-corrected chi connectivity index (χ2v) is 1.36. The van der Waals surface area contributed by atoms with Gasteiger partial charge in [-0.15, -0.1) is 0 Å². The summed E-state index contributed by atoms with van der Waals surface area (Å²) in [5.41, 5.74) is 17.4. The Bertz CT molecular complexity index is 216. The van der Waals surface area contributed by atoms with Crippen LogP contribution in [-0.2, 0) is 4.79 Å². The largest absolute Gasteiger partial charge is 0.352 e. The van der Waals surface area contributed by atoms with Crippen molar-refractivity contribution >= 4 is 24.2 Å². The van der Waals surface area contributed by atoms with Crippen LogP contribution in [0.3, 0.4) is 0 Å². The Hall–Kier alpha value is -2.61.